The summed E-state index contributed by atoms with van der Waals surface area (Å²) < 4.78 is 8.14. The highest BCUT2D eigenvalue weighted by atomic mass is 79.9. The summed E-state index contributed by atoms with van der Waals surface area (Å²) in [7, 11) is 1.67. The molecule has 0 radical (unpaired) electrons. The SMILES string of the molecule is COc1ccc(C2CC(c3cccc(Br)c3)n3nnnc3N2)cc1. The van der Waals surface area contributed by atoms with Crippen molar-refractivity contribution >= 4 is 21.9 Å². The second-order valence-corrected chi connectivity index (χ2v) is 6.64. The first-order chi connectivity index (χ1) is 11.7. The standard InChI is InChI=1S/C17H16BrN5O/c1-24-14-7-5-11(6-8-14)15-10-16(12-3-2-4-13(18)9-12)23-17(19-15)20-21-22-23/h2-9,15-16H,10H2,1H3,(H,19,20,22). The first kappa shape index (κ1) is 15.1. The van der Waals surface area contributed by atoms with Crippen LogP contribution in [0.25, 0.3) is 0 Å². The van der Waals surface area contributed by atoms with Gasteiger partial charge in [0.1, 0.15) is 5.75 Å². The molecule has 0 bridgehead atoms. The van der Waals surface area contributed by atoms with E-state index in [9.17, 15) is 0 Å². The molecule has 24 heavy (non-hydrogen) atoms. The Balaban J connectivity index is 1.70. The van der Waals surface area contributed by atoms with Crippen molar-refractivity contribution in [1.29, 1.82) is 0 Å². The van der Waals surface area contributed by atoms with Crippen LogP contribution in [-0.4, -0.2) is 27.3 Å². The average Bonchev–Trinajstić information content (AvgIpc) is 3.09. The van der Waals surface area contributed by atoms with E-state index >= 15 is 0 Å². The topological polar surface area (TPSA) is 64.9 Å². The van der Waals surface area contributed by atoms with E-state index in [1.807, 2.05) is 28.9 Å². The van der Waals surface area contributed by atoms with Crippen LogP contribution in [0.4, 0.5) is 5.95 Å². The second-order valence-electron chi connectivity index (χ2n) is 5.72. The van der Waals surface area contributed by atoms with Gasteiger partial charge in [-0.2, -0.15) is 0 Å². The molecule has 122 valence electrons. The van der Waals surface area contributed by atoms with E-state index < -0.39 is 0 Å². The third kappa shape index (κ3) is 2.75. The van der Waals surface area contributed by atoms with Gasteiger partial charge in [-0.1, -0.05) is 45.3 Å². The largest absolute Gasteiger partial charge is 0.497 e. The molecule has 0 aliphatic carbocycles. The highest BCUT2D eigenvalue weighted by Gasteiger charge is 2.30. The molecular weight excluding hydrogens is 370 g/mol. The Labute approximate surface area is 148 Å². The number of tetrazole rings is 1. The van der Waals surface area contributed by atoms with Crippen LogP contribution in [0.1, 0.15) is 29.6 Å². The molecule has 2 atom stereocenters. The van der Waals surface area contributed by atoms with Crippen molar-refractivity contribution in [2.24, 2.45) is 0 Å². The van der Waals surface area contributed by atoms with E-state index in [1.165, 1.54) is 11.1 Å². The first-order valence-corrected chi connectivity index (χ1v) is 8.48. The van der Waals surface area contributed by atoms with Gasteiger partial charge in [-0.05, 0) is 52.2 Å². The fraction of sp³-hybridized carbons (Fsp3) is 0.235. The van der Waals surface area contributed by atoms with Crippen molar-refractivity contribution < 1.29 is 4.74 Å². The van der Waals surface area contributed by atoms with Crippen LogP contribution in [-0.2, 0) is 0 Å². The van der Waals surface area contributed by atoms with Crippen LogP contribution in [0.2, 0.25) is 0 Å². The maximum atomic E-state index is 5.24. The number of halogens is 1. The molecular formula is C17H16BrN5O. The zero-order valence-corrected chi connectivity index (χ0v) is 14.6. The number of nitrogens with zero attached hydrogens (tertiary/aromatic N) is 4. The molecule has 2 unspecified atom stereocenters. The molecule has 7 heteroatoms. The van der Waals surface area contributed by atoms with Gasteiger partial charge in [-0.3, -0.25) is 0 Å². The van der Waals surface area contributed by atoms with Gasteiger partial charge in [-0.15, -0.1) is 0 Å². The van der Waals surface area contributed by atoms with Gasteiger partial charge in [0.2, 0.25) is 5.95 Å². The van der Waals surface area contributed by atoms with E-state index in [0.29, 0.717) is 5.95 Å². The molecule has 1 aromatic heterocycles. The van der Waals surface area contributed by atoms with Gasteiger partial charge in [0.25, 0.3) is 0 Å². The monoisotopic (exact) mass is 385 g/mol. The van der Waals surface area contributed by atoms with E-state index in [4.69, 9.17) is 4.74 Å². The molecule has 1 aliphatic heterocycles. The fourth-order valence-electron chi connectivity index (χ4n) is 3.08. The van der Waals surface area contributed by atoms with Gasteiger partial charge < -0.3 is 10.1 Å². The Morgan fingerprint density at radius 2 is 2.00 bits per heavy atom. The highest BCUT2D eigenvalue weighted by molar-refractivity contribution is 9.10. The average molecular weight is 386 g/mol. The smallest absolute Gasteiger partial charge is 0.243 e. The maximum Gasteiger partial charge on any atom is 0.243 e. The lowest BCUT2D eigenvalue weighted by molar-refractivity contribution is 0.412. The summed E-state index contributed by atoms with van der Waals surface area (Å²) in [5, 5.41) is 15.5. The van der Waals surface area contributed by atoms with E-state index in [1.54, 1.807) is 7.11 Å². The van der Waals surface area contributed by atoms with Crippen LogP contribution in [0.3, 0.4) is 0 Å². The predicted octanol–water partition coefficient (Wildman–Crippen LogP) is 3.59. The summed E-state index contributed by atoms with van der Waals surface area (Å²) in [5.41, 5.74) is 2.36. The predicted molar refractivity (Wildman–Crippen MR) is 94.1 cm³/mol. The number of hydrogen-bond donors (Lipinski definition) is 1. The first-order valence-electron chi connectivity index (χ1n) is 7.68. The fourth-order valence-corrected chi connectivity index (χ4v) is 3.50. The molecule has 2 aromatic carbocycles. The molecule has 0 spiro atoms. The third-order valence-corrected chi connectivity index (χ3v) is 4.80. The molecule has 0 saturated carbocycles. The molecule has 0 fully saturated rings. The number of methoxy groups -OCH3 is 1. The van der Waals surface area contributed by atoms with Crippen molar-refractivity contribution in [2.75, 3.05) is 12.4 Å². The number of fused-ring (bicyclic) bond motifs is 1. The number of hydrogen-bond acceptors (Lipinski definition) is 5. The Morgan fingerprint density at radius 3 is 2.75 bits per heavy atom. The van der Waals surface area contributed by atoms with E-state index in [2.05, 4.69) is 61.0 Å². The second kappa shape index (κ2) is 6.24. The number of anilines is 1. The van der Waals surface area contributed by atoms with E-state index in [-0.39, 0.29) is 12.1 Å². The van der Waals surface area contributed by atoms with Crippen LogP contribution in [0.5, 0.6) is 5.75 Å². The number of nitrogens with one attached hydrogen (secondary N) is 1. The molecule has 1 aliphatic rings. The minimum Gasteiger partial charge on any atom is -0.497 e. The lowest BCUT2D eigenvalue weighted by Gasteiger charge is -2.31. The highest BCUT2D eigenvalue weighted by Crippen LogP contribution is 2.37. The summed E-state index contributed by atoms with van der Waals surface area (Å²) in [5.74, 6) is 1.54. The van der Waals surface area contributed by atoms with Crippen molar-refractivity contribution in [1.82, 2.24) is 20.2 Å². The maximum absolute atomic E-state index is 5.24. The normalized spacial score (nSPS) is 19.4. The lowest BCUT2D eigenvalue weighted by Crippen LogP contribution is -2.28. The van der Waals surface area contributed by atoms with Crippen molar-refractivity contribution in [3.05, 3.63) is 64.1 Å². The van der Waals surface area contributed by atoms with Gasteiger partial charge in [0.15, 0.2) is 0 Å². The molecule has 2 heterocycles. The summed E-state index contributed by atoms with van der Waals surface area (Å²) in [4.78, 5) is 0. The molecule has 0 saturated heterocycles. The number of rotatable bonds is 3. The minimum atomic E-state index is 0.0841. The Kier molecular flexibility index (Phi) is 3.93. The molecule has 0 amide bonds. The van der Waals surface area contributed by atoms with Crippen molar-refractivity contribution in [3.63, 3.8) is 0 Å². The number of benzene rings is 2. The van der Waals surface area contributed by atoms with Crippen molar-refractivity contribution in [3.8, 4) is 5.75 Å². The zero-order chi connectivity index (χ0) is 16.5. The Hall–Kier alpha value is -2.41. The van der Waals surface area contributed by atoms with Gasteiger partial charge in [0.05, 0.1) is 19.2 Å². The molecule has 1 N–H and O–H groups in total. The molecule has 3 aromatic rings. The molecule has 6 nitrogen and oxygen atoms in total. The van der Waals surface area contributed by atoms with Crippen molar-refractivity contribution in [2.45, 2.75) is 18.5 Å². The Morgan fingerprint density at radius 1 is 1.17 bits per heavy atom. The summed E-state index contributed by atoms with van der Waals surface area (Å²) in [6.07, 6.45) is 0.862. The summed E-state index contributed by atoms with van der Waals surface area (Å²) >= 11 is 3.54. The minimum absolute atomic E-state index is 0.0841. The van der Waals surface area contributed by atoms with Crippen LogP contribution >= 0.6 is 15.9 Å². The number of ether oxygens (including phenoxy) is 1. The Bertz CT molecular complexity index is 848. The van der Waals surface area contributed by atoms with Gasteiger partial charge in [0, 0.05) is 4.47 Å². The summed E-state index contributed by atoms with van der Waals surface area (Å²) in [6.45, 7) is 0. The van der Waals surface area contributed by atoms with Crippen LogP contribution < -0.4 is 10.1 Å². The number of aromatic nitrogens is 4. The molecule has 4 rings (SSSR count). The summed E-state index contributed by atoms with van der Waals surface area (Å²) in [6, 6.07) is 16.6. The van der Waals surface area contributed by atoms with Gasteiger partial charge in [-0.25, -0.2) is 4.68 Å². The van der Waals surface area contributed by atoms with Crippen LogP contribution in [0.15, 0.2) is 53.0 Å². The zero-order valence-electron chi connectivity index (χ0n) is 13.1. The lowest BCUT2D eigenvalue weighted by atomic mass is 9.93. The van der Waals surface area contributed by atoms with Crippen LogP contribution in [0, 0.1) is 0 Å². The third-order valence-electron chi connectivity index (χ3n) is 4.30. The van der Waals surface area contributed by atoms with E-state index in [0.717, 1.165) is 16.6 Å². The van der Waals surface area contributed by atoms with Gasteiger partial charge >= 0.3 is 0 Å². The quantitative estimate of drug-likeness (QED) is 0.745.